The summed E-state index contributed by atoms with van der Waals surface area (Å²) < 4.78 is 4.74. The molecule has 0 bridgehead atoms. The summed E-state index contributed by atoms with van der Waals surface area (Å²) in [5.41, 5.74) is 0. The van der Waals surface area contributed by atoms with Crippen molar-refractivity contribution >= 4 is 5.97 Å². The van der Waals surface area contributed by atoms with E-state index in [1.807, 2.05) is 0 Å². The third-order valence-corrected chi connectivity index (χ3v) is 2.54. The molecule has 2 aliphatic rings. The molecule has 12 heavy (non-hydrogen) atoms. The van der Waals surface area contributed by atoms with E-state index in [4.69, 9.17) is 4.74 Å². The van der Waals surface area contributed by atoms with E-state index in [0.29, 0.717) is 12.0 Å². The number of esters is 1. The first-order valence-electron chi connectivity index (χ1n) is 4.65. The molecule has 2 saturated carbocycles. The standard InChI is InChI=1S/C9H15NO2/c1-12-9(11)8(6-2-3-6)10-7-4-5-7/h6-8,10H,2-5H2,1H3. The highest BCUT2D eigenvalue weighted by Crippen LogP contribution is 2.34. The average molecular weight is 169 g/mol. The van der Waals surface area contributed by atoms with Gasteiger partial charge in [0.05, 0.1) is 7.11 Å². The SMILES string of the molecule is COC(=O)C(NC1CC1)C1CC1. The summed E-state index contributed by atoms with van der Waals surface area (Å²) in [6, 6.07) is 0.581. The minimum Gasteiger partial charge on any atom is -0.468 e. The number of nitrogens with one attached hydrogen (secondary N) is 1. The Bertz CT molecular complexity index is 185. The molecular weight excluding hydrogens is 154 g/mol. The fraction of sp³-hybridized carbons (Fsp3) is 0.889. The summed E-state index contributed by atoms with van der Waals surface area (Å²) in [5, 5.41) is 3.33. The van der Waals surface area contributed by atoms with Crippen molar-refractivity contribution in [2.75, 3.05) is 7.11 Å². The largest absolute Gasteiger partial charge is 0.468 e. The van der Waals surface area contributed by atoms with Crippen molar-refractivity contribution in [2.24, 2.45) is 5.92 Å². The zero-order chi connectivity index (χ0) is 8.55. The highest BCUT2D eigenvalue weighted by molar-refractivity contribution is 5.76. The van der Waals surface area contributed by atoms with Gasteiger partial charge >= 0.3 is 5.97 Å². The van der Waals surface area contributed by atoms with E-state index in [0.717, 1.165) is 0 Å². The van der Waals surface area contributed by atoms with Crippen LogP contribution in [-0.2, 0) is 9.53 Å². The Hall–Kier alpha value is -0.570. The van der Waals surface area contributed by atoms with Crippen LogP contribution in [0, 0.1) is 5.92 Å². The first-order chi connectivity index (χ1) is 5.81. The molecule has 1 N–H and O–H groups in total. The molecule has 1 unspecified atom stereocenters. The fourth-order valence-corrected chi connectivity index (χ4v) is 1.46. The maximum absolute atomic E-state index is 11.3. The summed E-state index contributed by atoms with van der Waals surface area (Å²) in [6.45, 7) is 0. The van der Waals surface area contributed by atoms with Gasteiger partial charge in [-0.05, 0) is 31.6 Å². The zero-order valence-electron chi connectivity index (χ0n) is 7.38. The lowest BCUT2D eigenvalue weighted by Gasteiger charge is -2.14. The van der Waals surface area contributed by atoms with E-state index in [2.05, 4.69) is 5.32 Å². The van der Waals surface area contributed by atoms with Crippen molar-refractivity contribution in [1.29, 1.82) is 0 Å². The predicted octanol–water partition coefficient (Wildman–Crippen LogP) is 0.690. The summed E-state index contributed by atoms with van der Waals surface area (Å²) in [7, 11) is 1.46. The van der Waals surface area contributed by atoms with Crippen LogP contribution in [0.3, 0.4) is 0 Å². The van der Waals surface area contributed by atoms with Crippen molar-refractivity contribution in [3.05, 3.63) is 0 Å². The van der Waals surface area contributed by atoms with Gasteiger partial charge in [-0.3, -0.25) is 4.79 Å². The molecule has 0 amide bonds. The number of methoxy groups -OCH3 is 1. The average Bonchev–Trinajstić information content (AvgIpc) is 2.88. The Kier molecular flexibility index (Phi) is 2.05. The van der Waals surface area contributed by atoms with Crippen LogP contribution in [0.15, 0.2) is 0 Å². The molecule has 0 spiro atoms. The summed E-state index contributed by atoms with van der Waals surface area (Å²) in [5.74, 6) is 0.474. The molecule has 1 atom stereocenters. The van der Waals surface area contributed by atoms with Gasteiger partial charge in [0.25, 0.3) is 0 Å². The molecule has 0 aromatic rings. The minimum absolute atomic E-state index is 0.0116. The van der Waals surface area contributed by atoms with Crippen LogP contribution in [0.1, 0.15) is 25.7 Å². The van der Waals surface area contributed by atoms with Gasteiger partial charge in [-0.15, -0.1) is 0 Å². The maximum atomic E-state index is 11.3. The molecule has 0 heterocycles. The first-order valence-corrected chi connectivity index (χ1v) is 4.65. The van der Waals surface area contributed by atoms with Crippen LogP contribution in [0.25, 0.3) is 0 Å². The molecule has 0 aromatic carbocycles. The molecule has 0 radical (unpaired) electrons. The van der Waals surface area contributed by atoms with Crippen molar-refractivity contribution < 1.29 is 9.53 Å². The molecule has 2 fully saturated rings. The lowest BCUT2D eigenvalue weighted by molar-refractivity contribution is -0.143. The van der Waals surface area contributed by atoms with Crippen molar-refractivity contribution in [1.82, 2.24) is 5.32 Å². The molecule has 2 aliphatic carbocycles. The highest BCUT2D eigenvalue weighted by atomic mass is 16.5. The van der Waals surface area contributed by atoms with E-state index < -0.39 is 0 Å². The fourth-order valence-electron chi connectivity index (χ4n) is 1.46. The van der Waals surface area contributed by atoms with Crippen LogP contribution in [0.2, 0.25) is 0 Å². The van der Waals surface area contributed by atoms with Gasteiger partial charge in [0, 0.05) is 6.04 Å². The van der Waals surface area contributed by atoms with Gasteiger partial charge in [0.15, 0.2) is 0 Å². The number of carbonyl (C=O) groups excluding carboxylic acids is 1. The van der Waals surface area contributed by atoms with E-state index >= 15 is 0 Å². The Labute approximate surface area is 72.5 Å². The third kappa shape index (κ3) is 1.78. The second-order valence-electron chi connectivity index (χ2n) is 3.78. The van der Waals surface area contributed by atoms with Gasteiger partial charge < -0.3 is 10.1 Å². The van der Waals surface area contributed by atoms with Crippen LogP contribution < -0.4 is 5.32 Å². The second kappa shape index (κ2) is 3.05. The quantitative estimate of drug-likeness (QED) is 0.629. The van der Waals surface area contributed by atoms with E-state index in [9.17, 15) is 4.79 Å². The second-order valence-corrected chi connectivity index (χ2v) is 3.78. The monoisotopic (exact) mass is 169 g/mol. The van der Waals surface area contributed by atoms with Gasteiger partial charge in [0.1, 0.15) is 6.04 Å². The Balaban J connectivity index is 1.86. The summed E-state index contributed by atoms with van der Waals surface area (Å²) >= 11 is 0. The van der Waals surface area contributed by atoms with Gasteiger partial charge in [-0.2, -0.15) is 0 Å². The van der Waals surface area contributed by atoms with Gasteiger partial charge in [0.2, 0.25) is 0 Å². The van der Waals surface area contributed by atoms with Crippen LogP contribution >= 0.6 is 0 Å². The maximum Gasteiger partial charge on any atom is 0.323 e. The highest BCUT2D eigenvalue weighted by Gasteiger charge is 2.39. The Morgan fingerprint density at radius 1 is 1.42 bits per heavy atom. The van der Waals surface area contributed by atoms with E-state index in [1.165, 1.54) is 32.8 Å². The summed E-state index contributed by atoms with van der Waals surface area (Å²) in [6.07, 6.45) is 4.80. The number of hydrogen-bond acceptors (Lipinski definition) is 3. The van der Waals surface area contributed by atoms with Crippen LogP contribution in [0.4, 0.5) is 0 Å². The first kappa shape index (κ1) is 8.05. The zero-order valence-corrected chi connectivity index (χ0v) is 7.38. The topological polar surface area (TPSA) is 38.3 Å². The Morgan fingerprint density at radius 3 is 2.50 bits per heavy atom. The van der Waals surface area contributed by atoms with Gasteiger partial charge in [-0.1, -0.05) is 0 Å². The van der Waals surface area contributed by atoms with Crippen molar-refractivity contribution in [3.63, 3.8) is 0 Å². The van der Waals surface area contributed by atoms with Crippen LogP contribution in [-0.4, -0.2) is 25.2 Å². The number of carbonyl (C=O) groups is 1. The summed E-state index contributed by atoms with van der Waals surface area (Å²) in [4.78, 5) is 11.3. The minimum atomic E-state index is -0.0793. The number of rotatable bonds is 4. The third-order valence-electron chi connectivity index (χ3n) is 2.54. The molecule has 68 valence electrons. The molecule has 0 saturated heterocycles. The normalized spacial score (nSPS) is 25.1. The molecule has 3 heteroatoms. The number of ether oxygens (including phenoxy) is 1. The molecule has 0 aromatic heterocycles. The molecule has 0 aliphatic heterocycles. The lowest BCUT2D eigenvalue weighted by Crippen LogP contribution is -2.40. The molecule has 3 nitrogen and oxygen atoms in total. The predicted molar refractivity (Wildman–Crippen MR) is 44.7 cm³/mol. The molecule has 2 rings (SSSR count). The molecular formula is C9H15NO2. The number of hydrogen-bond donors (Lipinski definition) is 1. The Morgan fingerprint density at radius 2 is 2.08 bits per heavy atom. The van der Waals surface area contributed by atoms with Gasteiger partial charge in [-0.25, -0.2) is 0 Å². The van der Waals surface area contributed by atoms with Crippen molar-refractivity contribution in [2.45, 2.75) is 37.8 Å². The van der Waals surface area contributed by atoms with E-state index in [1.54, 1.807) is 0 Å². The van der Waals surface area contributed by atoms with E-state index in [-0.39, 0.29) is 12.0 Å². The lowest BCUT2D eigenvalue weighted by atomic mass is 10.2. The van der Waals surface area contributed by atoms with Crippen molar-refractivity contribution in [3.8, 4) is 0 Å². The smallest absolute Gasteiger partial charge is 0.323 e. The van der Waals surface area contributed by atoms with Crippen LogP contribution in [0.5, 0.6) is 0 Å².